The van der Waals surface area contributed by atoms with Gasteiger partial charge in [-0.05, 0) is 30.2 Å². The van der Waals surface area contributed by atoms with Crippen LogP contribution in [0.25, 0.3) is 6.08 Å². The van der Waals surface area contributed by atoms with Gasteiger partial charge in [-0.15, -0.1) is 0 Å². The van der Waals surface area contributed by atoms with E-state index >= 15 is 0 Å². The molecule has 0 bridgehead atoms. The Kier molecular flexibility index (Phi) is 1.41. The first-order valence-electron chi connectivity index (χ1n) is 5.00. The molecule has 1 heterocycles. The number of aromatic nitrogens is 1. The molecule has 1 aromatic heterocycles. The Bertz CT molecular complexity index is 484. The number of aryl methyl sites for hydroxylation is 1. The Morgan fingerprint density at radius 3 is 3.00 bits per heavy atom. The molecule has 70 valence electrons. The normalized spacial score (nSPS) is 22.1. The van der Waals surface area contributed by atoms with Crippen LogP contribution in [0.3, 0.4) is 0 Å². The predicted molar refractivity (Wildman–Crippen MR) is 59.1 cm³/mol. The largest absolute Gasteiger partial charge is 0.348 e. The fraction of sp³-hybridized carbons (Fsp3) is 0.231. The molecule has 0 saturated heterocycles. The fourth-order valence-electron chi connectivity index (χ4n) is 2.34. The van der Waals surface area contributed by atoms with Gasteiger partial charge in [0.1, 0.15) is 0 Å². The summed E-state index contributed by atoms with van der Waals surface area (Å²) < 4.78 is 2.27. The van der Waals surface area contributed by atoms with Gasteiger partial charge in [0.2, 0.25) is 0 Å². The first-order valence-corrected chi connectivity index (χ1v) is 5.00. The van der Waals surface area contributed by atoms with E-state index in [1.54, 1.807) is 0 Å². The Hall–Kier alpha value is -1.50. The van der Waals surface area contributed by atoms with E-state index in [2.05, 4.69) is 55.0 Å². The minimum absolute atomic E-state index is 0.509. The SMILES string of the molecule is Cc1cc2c(n1C)C=C1C=CC=CC12. The van der Waals surface area contributed by atoms with E-state index in [1.165, 1.54) is 22.5 Å². The molecule has 0 fully saturated rings. The molecule has 0 spiro atoms. The van der Waals surface area contributed by atoms with Crippen LogP contribution in [0.2, 0.25) is 0 Å². The third kappa shape index (κ3) is 0.844. The highest BCUT2D eigenvalue weighted by atomic mass is 15.0. The molecule has 0 saturated carbocycles. The second-order valence-electron chi connectivity index (χ2n) is 4.05. The molecule has 0 aromatic carbocycles. The van der Waals surface area contributed by atoms with Gasteiger partial charge >= 0.3 is 0 Å². The highest BCUT2D eigenvalue weighted by Crippen LogP contribution is 2.40. The van der Waals surface area contributed by atoms with E-state index in [-0.39, 0.29) is 0 Å². The van der Waals surface area contributed by atoms with Crippen LogP contribution in [0, 0.1) is 6.92 Å². The molecule has 1 heteroatoms. The summed E-state index contributed by atoms with van der Waals surface area (Å²) in [6.45, 7) is 2.16. The average Bonchev–Trinajstić information content (AvgIpc) is 2.67. The van der Waals surface area contributed by atoms with Gasteiger partial charge in [-0.25, -0.2) is 0 Å². The molecule has 3 rings (SSSR count). The molecule has 1 unspecified atom stereocenters. The van der Waals surface area contributed by atoms with Crippen LogP contribution in [0.15, 0.2) is 35.9 Å². The maximum Gasteiger partial charge on any atom is 0.0451 e. The highest BCUT2D eigenvalue weighted by Gasteiger charge is 2.25. The molecule has 2 aliphatic carbocycles. The van der Waals surface area contributed by atoms with Gasteiger partial charge in [0.25, 0.3) is 0 Å². The number of allylic oxidation sites excluding steroid dienone is 5. The Morgan fingerprint density at radius 2 is 2.14 bits per heavy atom. The van der Waals surface area contributed by atoms with Crippen molar-refractivity contribution in [2.45, 2.75) is 12.8 Å². The molecule has 0 radical (unpaired) electrons. The van der Waals surface area contributed by atoms with Crippen LogP contribution < -0.4 is 0 Å². The first kappa shape index (κ1) is 7.86. The summed E-state index contributed by atoms with van der Waals surface area (Å²) in [7, 11) is 2.13. The standard InChI is InChI=1S/C13H13N/c1-9-7-12-11-6-4-3-5-10(11)8-13(12)14(9)2/h3-8,11H,1-2H3. The van der Waals surface area contributed by atoms with E-state index in [4.69, 9.17) is 0 Å². The van der Waals surface area contributed by atoms with Crippen LogP contribution in [-0.4, -0.2) is 4.57 Å². The highest BCUT2D eigenvalue weighted by molar-refractivity contribution is 5.70. The topological polar surface area (TPSA) is 4.93 Å². The zero-order chi connectivity index (χ0) is 9.71. The van der Waals surface area contributed by atoms with Crippen molar-refractivity contribution in [3.05, 3.63) is 52.9 Å². The van der Waals surface area contributed by atoms with Gasteiger partial charge in [0, 0.05) is 24.4 Å². The smallest absolute Gasteiger partial charge is 0.0451 e. The van der Waals surface area contributed by atoms with Crippen molar-refractivity contribution in [1.29, 1.82) is 0 Å². The van der Waals surface area contributed by atoms with Crippen LogP contribution >= 0.6 is 0 Å². The van der Waals surface area contributed by atoms with Crippen molar-refractivity contribution in [1.82, 2.24) is 4.57 Å². The maximum absolute atomic E-state index is 2.30. The Labute approximate surface area is 84.1 Å². The lowest BCUT2D eigenvalue weighted by Crippen LogP contribution is -1.94. The van der Waals surface area contributed by atoms with Crippen molar-refractivity contribution in [3.63, 3.8) is 0 Å². The predicted octanol–water partition coefficient (Wildman–Crippen LogP) is 2.94. The lowest BCUT2D eigenvalue weighted by Gasteiger charge is -2.09. The van der Waals surface area contributed by atoms with E-state index in [9.17, 15) is 0 Å². The summed E-state index contributed by atoms with van der Waals surface area (Å²) in [6.07, 6.45) is 11.0. The average molecular weight is 183 g/mol. The Morgan fingerprint density at radius 1 is 1.29 bits per heavy atom. The number of hydrogen-bond acceptors (Lipinski definition) is 0. The van der Waals surface area contributed by atoms with Crippen LogP contribution in [0.5, 0.6) is 0 Å². The summed E-state index contributed by atoms with van der Waals surface area (Å²) in [4.78, 5) is 0. The van der Waals surface area contributed by atoms with Crippen molar-refractivity contribution in [3.8, 4) is 0 Å². The summed E-state index contributed by atoms with van der Waals surface area (Å²) in [5.74, 6) is 0.509. The Balaban J connectivity index is 2.24. The molecule has 1 aromatic rings. The molecule has 0 amide bonds. The first-order chi connectivity index (χ1) is 6.77. The maximum atomic E-state index is 2.30. The van der Waals surface area contributed by atoms with Crippen molar-refractivity contribution < 1.29 is 0 Å². The van der Waals surface area contributed by atoms with E-state index in [0.29, 0.717) is 5.92 Å². The van der Waals surface area contributed by atoms with Crippen molar-refractivity contribution in [2.75, 3.05) is 0 Å². The number of nitrogens with zero attached hydrogens (tertiary/aromatic N) is 1. The lowest BCUT2D eigenvalue weighted by molar-refractivity contribution is 0.869. The minimum atomic E-state index is 0.509. The van der Waals surface area contributed by atoms with E-state index < -0.39 is 0 Å². The molecule has 14 heavy (non-hydrogen) atoms. The van der Waals surface area contributed by atoms with Crippen LogP contribution in [-0.2, 0) is 7.05 Å². The van der Waals surface area contributed by atoms with Gasteiger partial charge in [0.15, 0.2) is 0 Å². The molecule has 1 nitrogen and oxygen atoms in total. The van der Waals surface area contributed by atoms with Gasteiger partial charge in [-0.1, -0.05) is 24.3 Å². The molecular weight excluding hydrogens is 170 g/mol. The summed E-state index contributed by atoms with van der Waals surface area (Å²) >= 11 is 0. The van der Waals surface area contributed by atoms with Crippen LogP contribution in [0.1, 0.15) is 22.9 Å². The third-order valence-electron chi connectivity index (χ3n) is 3.25. The molecule has 1 atom stereocenters. The molecule has 2 aliphatic rings. The van der Waals surface area contributed by atoms with Gasteiger partial charge < -0.3 is 4.57 Å². The number of fused-ring (bicyclic) bond motifs is 3. The zero-order valence-electron chi connectivity index (χ0n) is 8.49. The lowest BCUT2D eigenvalue weighted by atomic mass is 9.94. The number of hydrogen-bond donors (Lipinski definition) is 0. The summed E-state index contributed by atoms with van der Waals surface area (Å²) in [5.41, 5.74) is 5.60. The fourth-order valence-corrected chi connectivity index (χ4v) is 2.34. The zero-order valence-corrected chi connectivity index (χ0v) is 8.49. The molecular formula is C13H13N. The molecule has 0 aliphatic heterocycles. The van der Waals surface area contributed by atoms with Gasteiger partial charge in [0.05, 0.1) is 0 Å². The van der Waals surface area contributed by atoms with Crippen LogP contribution in [0.4, 0.5) is 0 Å². The third-order valence-corrected chi connectivity index (χ3v) is 3.25. The second-order valence-corrected chi connectivity index (χ2v) is 4.05. The van der Waals surface area contributed by atoms with Gasteiger partial charge in [-0.3, -0.25) is 0 Å². The molecule has 0 N–H and O–H groups in total. The quantitative estimate of drug-likeness (QED) is 0.582. The summed E-state index contributed by atoms with van der Waals surface area (Å²) in [5, 5.41) is 0. The number of rotatable bonds is 0. The van der Waals surface area contributed by atoms with E-state index in [0.717, 1.165) is 0 Å². The second kappa shape index (κ2) is 2.50. The van der Waals surface area contributed by atoms with Crippen molar-refractivity contribution >= 4 is 6.08 Å². The van der Waals surface area contributed by atoms with Gasteiger partial charge in [-0.2, -0.15) is 0 Å². The summed E-state index contributed by atoms with van der Waals surface area (Å²) in [6, 6.07) is 2.30. The van der Waals surface area contributed by atoms with E-state index in [1.807, 2.05) is 0 Å². The monoisotopic (exact) mass is 183 g/mol. The minimum Gasteiger partial charge on any atom is -0.348 e. The van der Waals surface area contributed by atoms with Crippen molar-refractivity contribution in [2.24, 2.45) is 7.05 Å².